The number of hydrogen-bond donors (Lipinski definition) is 1. The Morgan fingerprint density at radius 3 is 2.14 bits per heavy atom. The molecule has 2 nitrogen and oxygen atoms in total. The van der Waals surface area contributed by atoms with Crippen molar-refractivity contribution >= 4 is 35.1 Å². The summed E-state index contributed by atoms with van der Waals surface area (Å²) in [6.45, 7) is 6.11. The molecule has 3 aromatic carbocycles. The van der Waals surface area contributed by atoms with Crippen LogP contribution in [0.5, 0.6) is 0 Å². The summed E-state index contributed by atoms with van der Waals surface area (Å²) in [5, 5.41) is 2.46. The highest BCUT2D eigenvalue weighted by molar-refractivity contribution is 7.99. The molecule has 0 aromatic heterocycles. The van der Waals surface area contributed by atoms with E-state index in [1.807, 2.05) is 38.1 Å². The number of carbonyl (C=O) groups excluding carboxylic acids is 1. The number of halogens is 4. The average molecular weight is 536 g/mol. The molecule has 0 bridgehead atoms. The normalized spacial score (nSPS) is 12.6. The zero-order valence-corrected chi connectivity index (χ0v) is 22.0. The van der Waals surface area contributed by atoms with E-state index < -0.39 is 17.6 Å². The molecule has 0 radical (unpaired) electrons. The van der Waals surface area contributed by atoms with Gasteiger partial charge in [-0.2, -0.15) is 13.2 Å². The fourth-order valence-electron chi connectivity index (χ4n) is 3.68. The number of benzene rings is 3. The van der Waals surface area contributed by atoms with Gasteiger partial charge in [-0.05, 0) is 72.2 Å². The molecule has 8 heteroatoms. The molecule has 36 heavy (non-hydrogen) atoms. The number of hydrogen-bond acceptors (Lipinski definition) is 3. The third-order valence-electron chi connectivity index (χ3n) is 5.38. The summed E-state index contributed by atoms with van der Waals surface area (Å²) >= 11 is 3.06. The third kappa shape index (κ3) is 8.30. The van der Waals surface area contributed by atoms with E-state index in [0.29, 0.717) is 22.6 Å². The van der Waals surface area contributed by atoms with Crippen molar-refractivity contribution in [3.05, 3.63) is 89.2 Å². The topological polar surface area (TPSA) is 29.1 Å². The van der Waals surface area contributed by atoms with E-state index in [-0.39, 0.29) is 23.5 Å². The van der Waals surface area contributed by atoms with Crippen molar-refractivity contribution in [1.29, 1.82) is 0 Å². The lowest BCUT2D eigenvalue weighted by molar-refractivity contribution is -0.137. The number of amides is 1. The second-order valence-corrected chi connectivity index (χ2v) is 11.4. The van der Waals surface area contributed by atoms with Crippen LogP contribution in [-0.2, 0) is 17.4 Å². The van der Waals surface area contributed by atoms with Crippen LogP contribution in [0.1, 0.15) is 49.1 Å². The van der Waals surface area contributed by atoms with Crippen LogP contribution in [0.15, 0.2) is 76.5 Å². The zero-order chi connectivity index (χ0) is 26.3. The first kappa shape index (κ1) is 28.1. The van der Waals surface area contributed by atoms with Crippen LogP contribution in [0, 0.1) is 11.7 Å². The highest BCUT2D eigenvalue weighted by Crippen LogP contribution is 2.42. The fraction of sp³-hybridized carbons (Fsp3) is 0.321. The molecule has 0 saturated heterocycles. The molecule has 1 N–H and O–H groups in total. The highest BCUT2D eigenvalue weighted by Gasteiger charge is 2.30. The van der Waals surface area contributed by atoms with E-state index in [9.17, 15) is 18.0 Å². The Morgan fingerprint density at radius 2 is 1.58 bits per heavy atom. The van der Waals surface area contributed by atoms with Gasteiger partial charge in [0.2, 0.25) is 5.91 Å². The van der Waals surface area contributed by atoms with E-state index in [1.165, 1.54) is 30.0 Å². The summed E-state index contributed by atoms with van der Waals surface area (Å²) < 4.78 is 53.8. The van der Waals surface area contributed by atoms with E-state index in [4.69, 9.17) is 0 Å². The number of anilines is 1. The highest BCUT2D eigenvalue weighted by atomic mass is 32.2. The maximum atomic E-state index is 15.2. The van der Waals surface area contributed by atoms with Gasteiger partial charge in [0, 0.05) is 26.3 Å². The van der Waals surface area contributed by atoms with E-state index in [1.54, 1.807) is 23.9 Å². The zero-order valence-electron chi connectivity index (χ0n) is 20.4. The Labute approximate surface area is 218 Å². The Kier molecular flexibility index (Phi) is 9.91. The van der Waals surface area contributed by atoms with Crippen LogP contribution < -0.4 is 5.32 Å². The smallest absolute Gasteiger partial charge is 0.326 e. The summed E-state index contributed by atoms with van der Waals surface area (Å²) in [6, 6.07) is 17.3. The van der Waals surface area contributed by atoms with Gasteiger partial charge in [0.25, 0.3) is 0 Å². The largest absolute Gasteiger partial charge is 0.416 e. The van der Waals surface area contributed by atoms with Crippen LogP contribution >= 0.6 is 23.5 Å². The minimum Gasteiger partial charge on any atom is -0.326 e. The van der Waals surface area contributed by atoms with Crippen LogP contribution in [0.2, 0.25) is 0 Å². The Hall–Kier alpha value is -2.45. The van der Waals surface area contributed by atoms with Crippen LogP contribution in [0.3, 0.4) is 0 Å². The molecule has 0 fully saturated rings. The van der Waals surface area contributed by atoms with E-state index in [0.717, 1.165) is 28.3 Å². The predicted molar refractivity (Wildman–Crippen MR) is 141 cm³/mol. The molecule has 1 amide bonds. The first-order valence-electron chi connectivity index (χ1n) is 11.7. The van der Waals surface area contributed by atoms with Crippen LogP contribution in [0.25, 0.3) is 0 Å². The number of carbonyl (C=O) groups is 1. The third-order valence-corrected chi connectivity index (χ3v) is 7.54. The quantitative estimate of drug-likeness (QED) is 0.207. The molecule has 192 valence electrons. The Morgan fingerprint density at radius 1 is 0.944 bits per heavy atom. The van der Waals surface area contributed by atoms with Gasteiger partial charge in [-0.3, -0.25) is 4.79 Å². The lowest BCUT2D eigenvalue weighted by Crippen LogP contribution is -2.14. The van der Waals surface area contributed by atoms with E-state index in [2.05, 4.69) is 12.2 Å². The van der Waals surface area contributed by atoms with Gasteiger partial charge in [0.15, 0.2) is 0 Å². The summed E-state index contributed by atoms with van der Waals surface area (Å²) in [7, 11) is 0. The molecular formula is C28H29F4NOS2. The molecular weight excluding hydrogens is 506 g/mol. The SMILES string of the molecule is CCSc1ccc(CC(=O)Nc2ccc(C(CC(C)C)Sc3ccc(C(F)(F)F)cc3)c(F)c2)cc1. The number of rotatable bonds is 10. The Balaban J connectivity index is 1.69. The van der Waals surface area contributed by atoms with Crippen molar-refractivity contribution < 1.29 is 22.4 Å². The molecule has 0 aliphatic heterocycles. The van der Waals surface area contributed by atoms with Gasteiger partial charge in [0.1, 0.15) is 5.82 Å². The van der Waals surface area contributed by atoms with Crippen molar-refractivity contribution in [2.45, 2.75) is 54.8 Å². The number of alkyl halides is 3. The molecule has 1 unspecified atom stereocenters. The van der Waals surface area contributed by atoms with Gasteiger partial charge in [-0.25, -0.2) is 4.39 Å². The summed E-state index contributed by atoms with van der Waals surface area (Å²) in [4.78, 5) is 14.3. The summed E-state index contributed by atoms with van der Waals surface area (Å²) in [6.07, 6.45) is -3.58. The Bertz CT molecular complexity index is 1150. The van der Waals surface area contributed by atoms with Gasteiger partial charge in [0.05, 0.1) is 12.0 Å². The molecule has 0 spiro atoms. The first-order valence-corrected chi connectivity index (χ1v) is 13.6. The summed E-state index contributed by atoms with van der Waals surface area (Å²) in [5.41, 5.74) is 0.974. The van der Waals surface area contributed by atoms with Gasteiger partial charge in [-0.15, -0.1) is 23.5 Å². The van der Waals surface area contributed by atoms with Crippen molar-refractivity contribution in [3.8, 4) is 0 Å². The van der Waals surface area contributed by atoms with Crippen molar-refractivity contribution in [3.63, 3.8) is 0 Å². The van der Waals surface area contributed by atoms with Crippen molar-refractivity contribution in [1.82, 2.24) is 0 Å². The first-order chi connectivity index (χ1) is 17.0. The fourth-order valence-corrected chi connectivity index (χ4v) is 5.76. The molecule has 3 aromatic rings. The molecule has 0 aliphatic carbocycles. The monoisotopic (exact) mass is 535 g/mol. The van der Waals surface area contributed by atoms with Crippen molar-refractivity contribution in [2.75, 3.05) is 11.1 Å². The maximum absolute atomic E-state index is 15.2. The van der Waals surface area contributed by atoms with Crippen LogP contribution in [0.4, 0.5) is 23.2 Å². The minimum atomic E-state index is -4.40. The number of thioether (sulfide) groups is 2. The summed E-state index contributed by atoms with van der Waals surface area (Å²) in [5.74, 6) is 0.523. The molecule has 0 aliphatic rings. The minimum absolute atomic E-state index is 0.181. The van der Waals surface area contributed by atoms with E-state index >= 15 is 4.39 Å². The lowest BCUT2D eigenvalue weighted by Gasteiger charge is -2.21. The van der Waals surface area contributed by atoms with Gasteiger partial charge < -0.3 is 5.32 Å². The predicted octanol–water partition coefficient (Wildman–Crippen LogP) is 9.02. The second kappa shape index (κ2) is 12.7. The van der Waals surface area contributed by atoms with Crippen molar-refractivity contribution in [2.24, 2.45) is 5.92 Å². The molecule has 1 atom stereocenters. The molecule has 3 rings (SSSR count). The van der Waals surface area contributed by atoms with Gasteiger partial charge >= 0.3 is 6.18 Å². The van der Waals surface area contributed by atoms with Crippen LogP contribution in [-0.4, -0.2) is 11.7 Å². The molecule has 0 saturated carbocycles. The number of nitrogens with one attached hydrogen (secondary N) is 1. The average Bonchev–Trinajstić information content (AvgIpc) is 2.80. The standard InChI is InChI=1S/C28H29F4NOS2/c1-4-35-22-10-5-19(6-11-22)16-27(34)33-21-9-14-24(25(29)17-21)26(15-18(2)3)36-23-12-7-20(8-13-23)28(30,31)32/h5-14,17-18,26H,4,15-16H2,1-3H3,(H,33,34). The lowest BCUT2D eigenvalue weighted by atomic mass is 10.0. The maximum Gasteiger partial charge on any atom is 0.416 e. The second-order valence-electron chi connectivity index (χ2n) is 8.80. The molecule has 0 heterocycles. The van der Waals surface area contributed by atoms with Gasteiger partial charge in [-0.1, -0.05) is 39.0 Å².